The summed E-state index contributed by atoms with van der Waals surface area (Å²) < 4.78 is 32.8. The third-order valence-corrected chi connectivity index (χ3v) is 4.64. The summed E-state index contributed by atoms with van der Waals surface area (Å²) in [7, 11) is 0. The third-order valence-electron chi connectivity index (χ3n) is 4.64. The van der Waals surface area contributed by atoms with Gasteiger partial charge in [-0.05, 0) is 50.1 Å². The van der Waals surface area contributed by atoms with Gasteiger partial charge in [0.1, 0.15) is 24.0 Å². The predicted octanol–water partition coefficient (Wildman–Crippen LogP) is 4.62. The molecule has 0 saturated carbocycles. The quantitative estimate of drug-likeness (QED) is 0.812. The van der Waals surface area contributed by atoms with Gasteiger partial charge in [0.2, 0.25) is 5.91 Å². The van der Waals surface area contributed by atoms with Gasteiger partial charge in [-0.25, -0.2) is 8.78 Å². The molecule has 0 aliphatic carbocycles. The van der Waals surface area contributed by atoms with E-state index >= 15 is 0 Å². The first-order chi connectivity index (χ1) is 13.6. The number of ether oxygens (including phenoxy) is 1. The Balaban J connectivity index is 1.94. The van der Waals surface area contributed by atoms with E-state index in [1.807, 2.05) is 27.7 Å². The molecule has 0 unspecified atom stereocenters. The van der Waals surface area contributed by atoms with Crippen molar-refractivity contribution in [1.82, 2.24) is 0 Å². The maximum Gasteiger partial charge on any atom is 0.258 e. The highest BCUT2D eigenvalue weighted by atomic mass is 19.1. The van der Waals surface area contributed by atoms with E-state index in [1.54, 1.807) is 23.1 Å². The van der Waals surface area contributed by atoms with Crippen LogP contribution in [0.15, 0.2) is 36.4 Å². The summed E-state index contributed by atoms with van der Waals surface area (Å²) in [5.74, 6) is -1.73. The second-order valence-electron chi connectivity index (χ2n) is 8.24. The first-order valence-corrected chi connectivity index (χ1v) is 9.44. The molecule has 2 aromatic carbocycles. The second kappa shape index (κ2) is 7.81. The Hall–Kier alpha value is -2.96. The molecule has 1 heterocycles. The molecule has 5 nitrogen and oxygen atoms in total. The topological polar surface area (TPSA) is 58.6 Å². The molecular formula is C22H24F2N2O3. The van der Waals surface area contributed by atoms with Crippen molar-refractivity contribution in [3.8, 4) is 5.75 Å². The van der Waals surface area contributed by atoms with Crippen LogP contribution in [0.25, 0.3) is 0 Å². The maximum atomic E-state index is 13.9. The Morgan fingerprint density at radius 2 is 1.93 bits per heavy atom. The molecule has 1 N–H and O–H groups in total. The van der Waals surface area contributed by atoms with Crippen LogP contribution in [0.4, 0.5) is 20.2 Å². The van der Waals surface area contributed by atoms with E-state index in [9.17, 15) is 18.4 Å². The minimum Gasteiger partial charge on any atom is -0.490 e. The largest absolute Gasteiger partial charge is 0.490 e. The number of carbonyl (C=O) groups is 2. The SMILES string of the molecule is CC(C)CN1C(=O)C(C)(C)COc2ccc(NC(=O)c3ccc(F)cc3F)cc21. The Labute approximate surface area is 168 Å². The predicted molar refractivity (Wildman–Crippen MR) is 107 cm³/mol. The Kier molecular flexibility index (Phi) is 5.59. The summed E-state index contributed by atoms with van der Waals surface area (Å²) in [4.78, 5) is 27.2. The molecule has 3 rings (SSSR count). The summed E-state index contributed by atoms with van der Waals surface area (Å²) >= 11 is 0. The van der Waals surface area contributed by atoms with E-state index in [2.05, 4.69) is 5.32 Å². The Bertz CT molecular complexity index is 957. The van der Waals surface area contributed by atoms with Crippen LogP contribution >= 0.6 is 0 Å². The van der Waals surface area contributed by atoms with Gasteiger partial charge in [0.05, 0.1) is 16.7 Å². The number of nitrogens with zero attached hydrogens (tertiary/aromatic N) is 1. The van der Waals surface area contributed by atoms with Gasteiger partial charge < -0.3 is 15.0 Å². The monoisotopic (exact) mass is 402 g/mol. The summed E-state index contributed by atoms with van der Waals surface area (Å²) in [6, 6.07) is 7.70. The van der Waals surface area contributed by atoms with E-state index in [4.69, 9.17) is 4.74 Å². The summed E-state index contributed by atoms with van der Waals surface area (Å²) in [6.45, 7) is 8.40. The smallest absolute Gasteiger partial charge is 0.258 e. The van der Waals surface area contributed by atoms with Crippen LogP contribution in [0, 0.1) is 23.0 Å². The molecule has 29 heavy (non-hydrogen) atoms. The molecule has 1 aliphatic rings. The number of halogens is 2. The van der Waals surface area contributed by atoms with Gasteiger partial charge in [-0.1, -0.05) is 13.8 Å². The lowest BCUT2D eigenvalue weighted by Crippen LogP contribution is -2.43. The van der Waals surface area contributed by atoms with Crippen molar-refractivity contribution in [2.24, 2.45) is 11.3 Å². The molecule has 0 fully saturated rings. The number of hydrogen-bond acceptors (Lipinski definition) is 3. The maximum absolute atomic E-state index is 13.9. The molecule has 0 spiro atoms. The van der Waals surface area contributed by atoms with Gasteiger partial charge >= 0.3 is 0 Å². The van der Waals surface area contributed by atoms with E-state index in [-0.39, 0.29) is 24.0 Å². The average molecular weight is 402 g/mol. The van der Waals surface area contributed by atoms with E-state index in [1.165, 1.54) is 0 Å². The minimum atomic E-state index is -0.945. The lowest BCUT2D eigenvalue weighted by atomic mass is 9.92. The van der Waals surface area contributed by atoms with Crippen LogP contribution in [0.3, 0.4) is 0 Å². The van der Waals surface area contributed by atoms with Gasteiger partial charge in [0.25, 0.3) is 5.91 Å². The van der Waals surface area contributed by atoms with Crippen molar-refractivity contribution in [2.75, 3.05) is 23.4 Å². The van der Waals surface area contributed by atoms with Gasteiger partial charge in [-0.15, -0.1) is 0 Å². The molecular weight excluding hydrogens is 378 g/mol. The lowest BCUT2D eigenvalue weighted by molar-refractivity contribution is -0.127. The molecule has 0 bridgehead atoms. The van der Waals surface area contributed by atoms with Gasteiger partial charge in [-0.3, -0.25) is 9.59 Å². The van der Waals surface area contributed by atoms with Crippen molar-refractivity contribution < 1.29 is 23.1 Å². The van der Waals surface area contributed by atoms with Crippen LogP contribution in [-0.4, -0.2) is 25.0 Å². The van der Waals surface area contributed by atoms with Crippen molar-refractivity contribution in [1.29, 1.82) is 0 Å². The fourth-order valence-corrected chi connectivity index (χ4v) is 3.14. The van der Waals surface area contributed by atoms with Crippen molar-refractivity contribution in [3.63, 3.8) is 0 Å². The third kappa shape index (κ3) is 4.39. The van der Waals surface area contributed by atoms with Crippen LogP contribution in [-0.2, 0) is 4.79 Å². The molecule has 0 radical (unpaired) electrons. The summed E-state index contributed by atoms with van der Waals surface area (Å²) in [5.41, 5.74) is -0.0444. The number of fused-ring (bicyclic) bond motifs is 1. The van der Waals surface area contributed by atoms with E-state index in [0.717, 1.165) is 12.1 Å². The van der Waals surface area contributed by atoms with Crippen LogP contribution in [0.1, 0.15) is 38.1 Å². The van der Waals surface area contributed by atoms with Crippen molar-refractivity contribution in [3.05, 3.63) is 53.6 Å². The van der Waals surface area contributed by atoms with Crippen LogP contribution < -0.4 is 15.0 Å². The summed E-state index contributed by atoms with van der Waals surface area (Å²) in [6.07, 6.45) is 0. The van der Waals surface area contributed by atoms with Gasteiger partial charge in [0.15, 0.2) is 0 Å². The average Bonchev–Trinajstić information content (AvgIpc) is 2.72. The molecule has 2 aromatic rings. The minimum absolute atomic E-state index is 0.0713. The molecule has 0 atom stereocenters. The molecule has 1 aliphatic heterocycles. The highest BCUT2D eigenvalue weighted by Crippen LogP contribution is 2.38. The lowest BCUT2D eigenvalue weighted by Gasteiger charge is -2.29. The summed E-state index contributed by atoms with van der Waals surface area (Å²) in [5, 5.41) is 2.60. The fraction of sp³-hybridized carbons (Fsp3) is 0.364. The number of rotatable bonds is 4. The highest BCUT2D eigenvalue weighted by Gasteiger charge is 2.38. The first-order valence-electron chi connectivity index (χ1n) is 9.44. The number of benzene rings is 2. The van der Waals surface area contributed by atoms with Crippen molar-refractivity contribution in [2.45, 2.75) is 27.7 Å². The van der Waals surface area contributed by atoms with Gasteiger partial charge in [-0.2, -0.15) is 0 Å². The number of carbonyl (C=O) groups excluding carboxylic acids is 2. The number of hydrogen-bond donors (Lipinski definition) is 1. The van der Waals surface area contributed by atoms with Crippen molar-refractivity contribution >= 4 is 23.2 Å². The zero-order chi connectivity index (χ0) is 21.3. The fourth-order valence-electron chi connectivity index (χ4n) is 3.14. The molecule has 0 saturated heterocycles. The Morgan fingerprint density at radius 3 is 2.59 bits per heavy atom. The molecule has 2 amide bonds. The van der Waals surface area contributed by atoms with Crippen LogP contribution in [0.5, 0.6) is 5.75 Å². The molecule has 7 heteroatoms. The van der Waals surface area contributed by atoms with E-state index < -0.39 is 23.0 Å². The number of anilines is 2. The standard InChI is InChI=1S/C22H24F2N2O3/c1-13(2)11-26-18-10-15(6-8-19(18)29-12-22(3,4)21(26)28)25-20(27)16-7-5-14(23)9-17(16)24/h5-10,13H,11-12H2,1-4H3,(H,25,27). The highest BCUT2D eigenvalue weighted by molar-refractivity contribution is 6.05. The van der Waals surface area contributed by atoms with Gasteiger partial charge in [0, 0.05) is 18.3 Å². The van der Waals surface area contributed by atoms with Crippen LogP contribution in [0.2, 0.25) is 0 Å². The van der Waals surface area contributed by atoms with E-state index in [0.29, 0.717) is 29.7 Å². The number of amides is 2. The molecule has 154 valence electrons. The Morgan fingerprint density at radius 1 is 1.21 bits per heavy atom. The molecule has 0 aromatic heterocycles. The zero-order valence-corrected chi connectivity index (χ0v) is 16.9. The number of nitrogens with one attached hydrogen (secondary N) is 1. The first kappa shape index (κ1) is 20.8. The second-order valence-corrected chi connectivity index (χ2v) is 8.24. The zero-order valence-electron chi connectivity index (χ0n) is 16.9. The normalized spacial score (nSPS) is 15.6.